The van der Waals surface area contributed by atoms with Crippen LogP contribution in [0.4, 0.5) is 15.9 Å². The third-order valence-corrected chi connectivity index (χ3v) is 2.42. The Morgan fingerprint density at radius 2 is 2.29 bits per heavy atom. The molecule has 5 nitrogen and oxygen atoms in total. The Morgan fingerprint density at radius 3 is 2.94 bits per heavy atom. The molecule has 0 aliphatic heterocycles. The SMILES string of the molecule is Nc1[nH]ncc1C(=O)Nc1cc(F)ccc1Cl. The van der Waals surface area contributed by atoms with E-state index in [1.165, 1.54) is 18.3 Å². The lowest BCUT2D eigenvalue weighted by Gasteiger charge is -2.06. The molecule has 1 aromatic heterocycles. The van der Waals surface area contributed by atoms with Crippen molar-refractivity contribution in [2.24, 2.45) is 0 Å². The van der Waals surface area contributed by atoms with E-state index in [4.69, 9.17) is 17.3 Å². The topological polar surface area (TPSA) is 83.8 Å². The second-order valence-corrected chi connectivity index (χ2v) is 3.68. The predicted molar refractivity (Wildman–Crippen MR) is 62.4 cm³/mol. The zero-order chi connectivity index (χ0) is 12.4. The molecule has 0 aliphatic carbocycles. The van der Waals surface area contributed by atoms with Gasteiger partial charge in [0.05, 0.1) is 16.9 Å². The molecular weight excluding hydrogens is 247 g/mol. The summed E-state index contributed by atoms with van der Waals surface area (Å²) in [6.45, 7) is 0. The number of halogens is 2. The van der Waals surface area contributed by atoms with E-state index in [0.29, 0.717) is 0 Å². The van der Waals surface area contributed by atoms with Crippen molar-refractivity contribution in [3.05, 3.63) is 40.8 Å². The average molecular weight is 255 g/mol. The summed E-state index contributed by atoms with van der Waals surface area (Å²) in [5.74, 6) is -0.872. The maximum atomic E-state index is 13.0. The molecule has 0 aliphatic rings. The number of nitrogens with zero attached hydrogens (tertiary/aromatic N) is 1. The fourth-order valence-electron chi connectivity index (χ4n) is 1.26. The largest absolute Gasteiger partial charge is 0.383 e. The summed E-state index contributed by atoms with van der Waals surface area (Å²) in [5.41, 5.74) is 5.83. The first-order chi connectivity index (χ1) is 8.08. The first-order valence-corrected chi connectivity index (χ1v) is 5.01. The quantitative estimate of drug-likeness (QED) is 0.767. The molecule has 0 radical (unpaired) electrons. The van der Waals surface area contributed by atoms with Crippen molar-refractivity contribution in [1.82, 2.24) is 10.2 Å². The smallest absolute Gasteiger partial charge is 0.261 e. The number of benzene rings is 1. The molecule has 88 valence electrons. The number of nitrogens with two attached hydrogens (primary N) is 1. The van der Waals surface area contributed by atoms with Gasteiger partial charge in [-0.05, 0) is 18.2 Å². The number of carbonyl (C=O) groups is 1. The molecule has 0 fully saturated rings. The molecule has 0 unspecified atom stereocenters. The van der Waals surface area contributed by atoms with E-state index in [0.717, 1.165) is 6.07 Å². The number of anilines is 2. The highest BCUT2D eigenvalue weighted by Crippen LogP contribution is 2.23. The summed E-state index contributed by atoms with van der Waals surface area (Å²) in [6, 6.07) is 3.67. The van der Waals surface area contributed by atoms with E-state index in [1.54, 1.807) is 0 Å². The van der Waals surface area contributed by atoms with E-state index >= 15 is 0 Å². The maximum absolute atomic E-state index is 13.0. The van der Waals surface area contributed by atoms with Gasteiger partial charge in [0.1, 0.15) is 17.2 Å². The van der Waals surface area contributed by atoms with Crippen LogP contribution in [0.3, 0.4) is 0 Å². The van der Waals surface area contributed by atoms with Gasteiger partial charge in [0.2, 0.25) is 0 Å². The molecule has 2 rings (SSSR count). The van der Waals surface area contributed by atoms with Crippen LogP contribution in [-0.4, -0.2) is 16.1 Å². The standard InChI is InChI=1S/C10H8ClFN4O/c11-7-2-1-5(12)3-8(7)15-10(17)6-4-14-16-9(6)13/h1-4H,(H,15,17)(H3,13,14,16). The van der Waals surface area contributed by atoms with E-state index in [2.05, 4.69) is 15.5 Å². The molecule has 0 saturated heterocycles. The molecule has 1 amide bonds. The van der Waals surface area contributed by atoms with E-state index in [1.807, 2.05) is 0 Å². The summed E-state index contributed by atoms with van der Waals surface area (Å²) >= 11 is 5.81. The zero-order valence-corrected chi connectivity index (χ0v) is 9.25. The Bertz CT molecular complexity index is 569. The minimum atomic E-state index is -0.510. The highest BCUT2D eigenvalue weighted by molar-refractivity contribution is 6.34. The number of hydrogen-bond donors (Lipinski definition) is 3. The monoisotopic (exact) mass is 254 g/mol. The maximum Gasteiger partial charge on any atom is 0.261 e. The van der Waals surface area contributed by atoms with Crippen LogP contribution in [0.15, 0.2) is 24.4 Å². The van der Waals surface area contributed by atoms with Gasteiger partial charge in [0.15, 0.2) is 0 Å². The molecule has 0 atom stereocenters. The van der Waals surface area contributed by atoms with Gasteiger partial charge in [-0.15, -0.1) is 0 Å². The average Bonchev–Trinajstić information content (AvgIpc) is 2.70. The van der Waals surface area contributed by atoms with Gasteiger partial charge in [0.25, 0.3) is 5.91 Å². The lowest BCUT2D eigenvalue weighted by Crippen LogP contribution is -2.13. The molecule has 4 N–H and O–H groups in total. The molecule has 1 heterocycles. The molecule has 7 heteroatoms. The van der Waals surface area contributed by atoms with Gasteiger partial charge in [-0.3, -0.25) is 9.89 Å². The summed E-state index contributed by atoms with van der Waals surface area (Å²) < 4.78 is 13.0. The number of aromatic amines is 1. The minimum absolute atomic E-state index is 0.134. The van der Waals surface area contributed by atoms with Crippen LogP contribution in [0.2, 0.25) is 5.02 Å². The molecular formula is C10H8ClFN4O. The Kier molecular flexibility index (Phi) is 2.97. The lowest BCUT2D eigenvalue weighted by molar-refractivity contribution is 0.102. The fourth-order valence-corrected chi connectivity index (χ4v) is 1.42. The number of hydrogen-bond acceptors (Lipinski definition) is 3. The van der Waals surface area contributed by atoms with Crippen LogP contribution in [0.25, 0.3) is 0 Å². The van der Waals surface area contributed by atoms with Crippen molar-refractivity contribution in [1.29, 1.82) is 0 Å². The van der Waals surface area contributed by atoms with Crippen molar-refractivity contribution in [3.63, 3.8) is 0 Å². The number of H-pyrrole nitrogens is 1. The van der Waals surface area contributed by atoms with E-state index in [9.17, 15) is 9.18 Å². The van der Waals surface area contributed by atoms with Gasteiger partial charge >= 0.3 is 0 Å². The summed E-state index contributed by atoms with van der Waals surface area (Å²) in [7, 11) is 0. The Balaban J connectivity index is 2.24. The van der Waals surface area contributed by atoms with Crippen LogP contribution in [0.1, 0.15) is 10.4 Å². The summed E-state index contributed by atoms with van der Waals surface area (Å²) in [5, 5.41) is 8.71. The predicted octanol–water partition coefficient (Wildman–Crippen LogP) is 2.04. The zero-order valence-electron chi connectivity index (χ0n) is 8.50. The van der Waals surface area contributed by atoms with Crippen LogP contribution in [-0.2, 0) is 0 Å². The first-order valence-electron chi connectivity index (χ1n) is 4.63. The Labute approximate surface area is 101 Å². The molecule has 1 aromatic carbocycles. The summed E-state index contributed by atoms with van der Waals surface area (Å²) in [4.78, 5) is 11.7. The lowest BCUT2D eigenvalue weighted by atomic mass is 10.2. The van der Waals surface area contributed by atoms with Crippen molar-refractivity contribution in [2.45, 2.75) is 0 Å². The van der Waals surface area contributed by atoms with Gasteiger partial charge in [-0.25, -0.2) is 4.39 Å². The van der Waals surface area contributed by atoms with Crippen molar-refractivity contribution >= 4 is 29.0 Å². The number of nitrogen functional groups attached to an aromatic ring is 1. The molecule has 17 heavy (non-hydrogen) atoms. The van der Waals surface area contributed by atoms with Gasteiger partial charge in [-0.2, -0.15) is 5.10 Å². The molecule has 0 bridgehead atoms. The van der Waals surface area contributed by atoms with Gasteiger partial charge in [-0.1, -0.05) is 11.6 Å². The number of aromatic nitrogens is 2. The Morgan fingerprint density at radius 1 is 1.53 bits per heavy atom. The first kappa shape index (κ1) is 11.4. The van der Waals surface area contributed by atoms with Crippen LogP contribution in [0, 0.1) is 5.82 Å². The number of amides is 1. The van der Waals surface area contributed by atoms with Gasteiger partial charge in [0, 0.05) is 0 Å². The number of nitrogens with one attached hydrogen (secondary N) is 2. The van der Waals surface area contributed by atoms with E-state index in [-0.39, 0.29) is 22.1 Å². The fraction of sp³-hybridized carbons (Fsp3) is 0. The van der Waals surface area contributed by atoms with E-state index < -0.39 is 11.7 Å². The molecule has 0 saturated carbocycles. The van der Waals surface area contributed by atoms with Crippen molar-refractivity contribution in [3.8, 4) is 0 Å². The third kappa shape index (κ3) is 2.36. The van der Waals surface area contributed by atoms with Crippen molar-refractivity contribution < 1.29 is 9.18 Å². The molecule has 0 spiro atoms. The summed E-state index contributed by atoms with van der Waals surface area (Å²) in [6.07, 6.45) is 1.28. The van der Waals surface area contributed by atoms with Crippen LogP contribution < -0.4 is 11.1 Å². The third-order valence-electron chi connectivity index (χ3n) is 2.09. The van der Waals surface area contributed by atoms with Crippen LogP contribution >= 0.6 is 11.6 Å². The minimum Gasteiger partial charge on any atom is -0.383 e. The number of carbonyl (C=O) groups excluding carboxylic acids is 1. The van der Waals surface area contributed by atoms with Crippen LogP contribution in [0.5, 0.6) is 0 Å². The molecule has 2 aromatic rings. The Hall–Kier alpha value is -2.08. The second-order valence-electron chi connectivity index (χ2n) is 3.28. The highest BCUT2D eigenvalue weighted by atomic mass is 35.5. The highest BCUT2D eigenvalue weighted by Gasteiger charge is 2.13. The normalized spacial score (nSPS) is 10.2. The van der Waals surface area contributed by atoms with Gasteiger partial charge < -0.3 is 11.1 Å². The van der Waals surface area contributed by atoms with Crippen molar-refractivity contribution in [2.75, 3.05) is 11.1 Å². The second kappa shape index (κ2) is 4.42. The number of rotatable bonds is 2.